The highest BCUT2D eigenvalue weighted by Crippen LogP contribution is 2.21. The van der Waals surface area contributed by atoms with E-state index in [2.05, 4.69) is 5.32 Å². The predicted octanol–water partition coefficient (Wildman–Crippen LogP) is 3.21. The Bertz CT molecular complexity index is 354. The van der Waals surface area contributed by atoms with Crippen molar-refractivity contribution in [2.45, 2.75) is 38.8 Å². The van der Waals surface area contributed by atoms with Crippen LogP contribution in [0.3, 0.4) is 0 Å². The summed E-state index contributed by atoms with van der Waals surface area (Å²) in [5.74, 6) is -0.137. The molecule has 96 valence electrons. The molecule has 1 aromatic rings. The number of benzene rings is 1. The Balaban J connectivity index is 2.69. The van der Waals surface area contributed by atoms with Gasteiger partial charge in [-0.1, -0.05) is 12.1 Å². The van der Waals surface area contributed by atoms with Crippen molar-refractivity contribution in [3.63, 3.8) is 0 Å². The van der Waals surface area contributed by atoms with Crippen molar-refractivity contribution in [1.29, 1.82) is 0 Å². The van der Waals surface area contributed by atoms with Crippen LogP contribution in [0.15, 0.2) is 18.2 Å². The zero-order valence-corrected chi connectivity index (χ0v) is 11.1. The van der Waals surface area contributed by atoms with Gasteiger partial charge in [-0.2, -0.15) is 0 Å². The molecule has 0 radical (unpaired) electrons. The van der Waals surface area contributed by atoms with Crippen LogP contribution in [0.2, 0.25) is 0 Å². The number of nitrogens with one attached hydrogen (secondary N) is 1. The van der Waals surface area contributed by atoms with E-state index in [-0.39, 0.29) is 18.0 Å². The Morgan fingerprint density at radius 3 is 2.59 bits per heavy atom. The van der Waals surface area contributed by atoms with Gasteiger partial charge in [-0.05, 0) is 50.9 Å². The van der Waals surface area contributed by atoms with E-state index in [1.54, 1.807) is 20.1 Å². The minimum atomic E-state index is -0.137. The molecule has 1 N–H and O–H groups in total. The molecule has 2 nitrogen and oxygen atoms in total. The predicted molar refractivity (Wildman–Crippen MR) is 68.6 cm³/mol. The average molecular weight is 239 g/mol. The van der Waals surface area contributed by atoms with Gasteiger partial charge in [0.1, 0.15) is 5.82 Å². The van der Waals surface area contributed by atoms with Crippen molar-refractivity contribution in [2.75, 3.05) is 14.2 Å². The third-order valence-electron chi connectivity index (χ3n) is 3.21. The fourth-order valence-electron chi connectivity index (χ4n) is 1.82. The van der Waals surface area contributed by atoms with Gasteiger partial charge in [0.05, 0.1) is 6.10 Å². The van der Waals surface area contributed by atoms with Gasteiger partial charge >= 0.3 is 0 Å². The standard InChI is InChI=1S/C14H22FNO/c1-10-5-7-12(9-13(10)15)14(16-3)8-6-11(2)17-4/h5,7,9,11,14,16H,6,8H2,1-4H3. The summed E-state index contributed by atoms with van der Waals surface area (Å²) in [5, 5.41) is 3.22. The quantitative estimate of drug-likeness (QED) is 0.823. The van der Waals surface area contributed by atoms with Crippen LogP contribution in [0.25, 0.3) is 0 Å². The topological polar surface area (TPSA) is 21.3 Å². The van der Waals surface area contributed by atoms with Gasteiger partial charge < -0.3 is 10.1 Å². The first-order valence-corrected chi connectivity index (χ1v) is 6.04. The molecule has 0 saturated carbocycles. The van der Waals surface area contributed by atoms with Gasteiger partial charge in [0.15, 0.2) is 0 Å². The number of hydrogen-bond donors (Lipinski definition) is 1. The summed E-state index contributed by atoms with van der Waals surface area (Å²) in [6.07, 6.45) is 2.13. The summed E-state index contributed by atoms with van der Waals surface area (Å²) in [6.45, 7) is 3.82. The first-order chi connectivity index (χ1) is 8.08. The molecule has 0 bridgehead atoms. The monoisotopic (exact) mass is 239 g/mol. The van der Waals surface area contributed by atoms with Crippen LogP contribution in [-0.2, 0) is 4.74 Å². The van der Waals surface area contributed by atoms with Gasteiger partial charge in [-0.3, -0.25) is 0 Å². The van der Waals surface area contributed by atoms with E-state index in [4.69, 9.17) is 4.74 Å². The van der Waals surface area contributed by atoms with Crippen LogP contribution in [0.1, 0.15) is 36.9 Å². The van der Waals surface area contributed by atoms with Gasteiger partial charge in [0.25, 0.3) is 0 Å². The molecular formula is C14H22FNO. The fraction of sp³-hybridized carbons (Fsp3) is 0.571. The van der Waals surface area contributed by atoms with Crippen LogP contribution in [0.4, 0.5) is 4.39 Å². The highest BCUT2D eigenvalue weighted by molar-refractivity contribution is 5.25. The van der Waals surface area contributed by atoms with Crippen LogP contribution in [0.5, 0.6) is 0 Å². The zero-order valence-electron chi connectivity index (χ0n) is 11.1. The van der Waals surface area contributed by atoms with Gasteiger partial charge in [0.2, 0.25) is 0 Å². The van der Waals surface area contributed by atoms with Crippen molar-refractivity contribution >= 4 is 0 Å². The molecule has 0 aliphatic carbocycles. The molecule has 0 spiro atoms. The molecule has 0 aromatic heterocycles. The third-order valence-corrected chi connectivity index (χ3v) is 3.21. The lowest BCUT2D eigenvalue weighted by Crippen LogP contribution is -2.19. The Morgan fingerprint density at radius 2 is 2.06 bits per heavy atom. The molecule has 0 aliphatic heterocycles. The van der Waals surface area contributed by atoms with Crippen molar-refractivity contribution in [1.82, 2.24) is 5.32 Å². The van der Waals surface area contributed by atoms with Crippen molar-refractivity contribution in [3.05, 3.63) is 35.1 Å². The zero-order chi connectivity index (χ0) is 12.8. The molecule has 0 heterocycles. The fourth-order valence-corrected chi connectivity index (χ4v) is 1.82. The SMILES string of the molecule is CNC(CCC(C)OC)c1ccc(C)c(F)c1. The van der Waals surface area contributed by atoms with Crippen LogP contribution < -0.4 is 5.32 Å². The van der Waals surface area contributed by atoms with Crippen LogP contribution in [0, 0.1) is 12.7 Å². The molecule has 0 aliphatic rings. The molecular weight excluding hydrogens is 217 g/mol. The van der Waals surface area contributed by atoms with Crippen LogP contribution >= 0.6 is 0 Å². The van der Waals surface area contributed by atoms with Crippen molar-refractivity contribution < 1.29 is 9.13 Å². The molecule has 3 heteroatoms. The second-order valence-corrected chi connectivity index (χ2v) is 4.47. The molecule has 0 amide bonds. The molecule has 1 aromatic carbocycles. The van der Waals surface area contributed by atoms with E-state index >= 15 is 0 Å². The summed E-state index contributed by atoms with van der Waals surface area (Å²) in [5.41, 5.74) is 1.69. The van der Waals surface area contributed by atoms with E-state index in [1.165, 1.54) is 0 Å². The van der Waals surface area contributed by atoms with Gasteiger partial charge in [-0.25, -0.2) is 4.39 Å². The number of aryl methyl sites for hydroxylation is 1. The minimum Gasteiger partial charge on any atom is -0.382 e. The van der Waals surface area contributed by atoms with Crippen molar-refractivity contribution in [2.24, 2.45) is 0 Å². The molecule has 0 saturated heterocycles. The average Bonchev–Trinajstić information content (AvgIpc) is 2.33. The summed E-state index contributed by atoms with van der Waals surface area (Å²) < 4.78 is 18.7. The number of hydrogen-bond acceptors (Lipinski definition) is 2. The van der Waals surface area contributed by atoms with E-state index in [0.717, 1.165) is 18.4 Å². The first-order valence-electron chi connectivity index (χ1n) is 6.04. The third kappa shape index (κ3) is 4.10. The maximum atomic E-state index is 13.5. The molecule has 0 fully saturated rings. The smallest absolute Gasteiger partial charge is 0.126 e. The van der Waals surface area contributed by atoms with E-state index < -0.39 is 0 Å². The summed E-state index contributed by atoms with van der Waals surface area (Å²) in [4.78, 5) is 0. The van der Waals surface area contributed by atoms with E-state index in [1.807, 2.05) is 26.1 Å². The highest BCUT2D eigenvalue weighted by Gasteiger charge is 2.12. The van der Waals surface area contributed by atoms with Crippen LogP contribution in [-0.4, -0.2) is 20.3 Å². The summed E-state index contributed by atoms with van der Waals surface area (Å²) in [6, 6.07) is 5.61. The molecule has 1 rings (SSSR count). The Kier molecular flexibility index (Phi) is 5.59. The number of rotatable bonds is 6. The molecule has 2 atom stereocenters. The largest absolute Gasteiger partial charge is 0.382 e. The molecule has 17 heavy (non-hydrogen) atoms. The number of ether oxygens (including phenoxy) is 1. The second kappa shape index (κ2) is 6.72. The Hall–Kier alpha value is -0.930. The number of methoxy groups -OCH3 is 1. The summed E-state index contributed by atoms with van der Waals surface area (Å²) in [7, 11) is 3.62. The summed E-state index contributed by atoms with van der Waals surface area (Å²) >= 11 is 0. The minimum absolute atomic E-state index is 0.137. The lowest BCUT2D eigenvalue weighted by Gasteiger charge is -2.19. The maximum absolute atomic E-state index is 13.5. The second-order valence-electron chi connectivity index (χ2n) is 4.47. The maximum Gasteiger partial charge on any atom is 0.126 e. The van der Waals surface area contributed by atoms with E-state index in [9.17, 15) is 4.39 Å². The number of halogens is 1. The van der Waals surface area contributed by atoms with E-state index in [0.29, 0.717) is 5.56 Å². The highest BCUT2D eigenvalue weighted by atomic mass is 19.1. The first kappa shape index (κ1) is 14.1. The molecule has 2 unspecified atom stereocenters. The van der Waals surface area contributed by atoms with Crippen molar-refractivity contribution in [3.8, 4) is 0 Å². The lowest BCUT2D eigenvalue weighted by atomic mass is 9.99. The van der Waals surface area contributed by atoms with Gasteiger partial charge in [-0.15, -0.1) is 0 Å². The Labute approximate surface area is 103 Å². The normalized spacial score (nSPS) is 14.6. The van der Waals surface area contributed by atoms with Gasteiger partial charge in [0, 0.05) is 13.2 Å². The lowest BCUT2D eigenvalue weighted by molar-refractivity contribution is 0.106. The Morgan fingerprint density at radius 1 is 1.35 bits per heavy atom.